The van der Waals surface area contributed by atoms with Crippen LogP contribution in [0.1, 0.15) is 41.5 Å². The zero-order valence-electron chi connectivity index (χ0n) is 15.5. The summed E-state index contributed by atoms with van der Waals surface area (Å²) >= 11 is 0. The Bertz CT molecular complexity index is 928. The van der Waals surface area contributed by atoms with Crippen molar-refractivity contribution < 1.29 is 0 Å². The molecule has 7 nitrogen and oxygen atoms in total. The Balaban J connectivity index is 1.36. The third-order valence-electron chi connectivity index (χ3n) is 5.30. The van der Waals surface area contributed by atoms with Gasteiger partial charge in [-0.2, -0.15) is 5.26 Å². The first-order valence-corrected chi connectivity index (χ1v) is 9.28. The lowest BCUT2D eigenvalue weighted by Crippen LogP contribution is -2.33. The van der Waals surface area contributed by atoms with Crippen molar-refractivity contribution in [2.75, 3.05) is 13.1 Å². The van der Waals surface area contributed by atoms with Crippen LogP contribution in [-0.4, -0.2) is 42.3 Å². The Morgan fingerprint density at radius 3 is 2.78 bits per heavy atom. The van der Waals surface area contributed by atoms with Crippen molar-refractivity contribution in [1.82, 2.24) is 29.2 Å². The number of piperidine rings is 1. The lowest BCUT2D eigenvalue weighted by molar-refractivity contribution is 0.200. The molecule has 1 aromatic carbocycles. The second-order valence-electron chi connectivity index (χ2n) is 7.13. The fourth-order valence-electron chi connectivity index (χ4n) is 3.76. The van der Waals surface area contributed by atoms with E-state index in [4.69, 9.17) is 5.26 Å². The molecule has 7 heteroatoms. The summed E-state index contributed by atoms with van der Waals surface area (Å²) in [5.74, 6) is 2.48. The number of aromatic nitrogens is 5. The molecule has 3 aromatic rings. The summed E-state index contributed by atoms with van der Waals surface area (Å²) < 4.78 is 4.14. The molecule has 0 bridgehead atoms. The monoisotopic (exact) mass is 361 g/mol. The van der Waals surface area contributed by atoms with Crippen molar-refractivity contribution in [3.05, 3.63) is 65.8 Å². The van der Waals surface area contributed by atoms with Crippen LogP contribution in [0, 0.1) is 11.3 Å². The summed E-state index contributed by atoms with van der Waals surface area (Å²) in [5, 5.41) is 17.9. The van der Waals surface area contributed by atoms with Gasteiger partial charge in [0.1, 0.15) is 5.82 Å². The van der Waals surface area contributed by atoms with E-state index in [0.29, 0.717) is 12.5 Å². The molecule has 1 fully saturated rings. The summed E-state index contributed by atoms with van der Waals surface area (Å²) in [7, 11) is 2.06. The van der Waals surface area contributed by atoms with Crippen molar-refractivity contribution in [3.8, 4) is 6.07 Å². The van der Waals surface area contributed by atoms with Gasteiger partial charge in [-0.3, -0.25) is 4.90 Å². The lowest BCUT2D eigenvalue weighted by atomic mass is 9.95. The van der Waals surface area contributed by atoms with E-state index >= 15 is 0 Å². The number of nitrogens with zero attached hydrogens (tertiary/aromatic N) is 7. The lowest BCUT2D eigenvalue weighted by Gasteiger charge is -2.31. The van der Waals surface area contributed by atoms with E-state index in [9.17, 15) is 0 Å². The highest BCUT2D eigenvalue weighted by atomic mass is 15.3. The third kappa shape index (κ3) is 3.91. The van der Waals surface area contributed by atoms with E-state index < -0.39 is 0 Å². The predicted octanol–water partition coefficient (Wildman–Crippen LogP) is 2.31. The molecule has 0 spiro atoms. The maximum Gasteiger partial charge on any atom is 0.152 e. The van der Waals surface area contributed by atoms with Crippen molar-refractivity contribution in [3.63, 3.8) is 0 Å². The van der Waals surface area contributed by atoms with E-state index in [-0.39, 0.29) is 0 Å². The maximum atomic E-state index is 9.05. The molecule has 0 amide bonds. The van der Waals surface area contributed by atoms with Gasteiger partial charge >= 0.3 is 0 Å². The number of rotatable bonds is 5. The Kier molecular flexibility index (Phi) is 4.99. The second kappa shape index (κ2) is 7.72. The Hall–Kier alpha value is -2.98. The average Bonchev–Trinajstić information content (AvgIpc) is 3.34. The first kappa shape index (κ1) is 17.4. The summed E-state index contributed by atoms with van der Waals surface area (Å²) in [5.41, 5.74) is 1.93. The molecule has 2 aromatic heterocycles. The molecule has 1 saturated heterocycles. The van der Waals surface area contributed by atoms with Crippen molar-refractivity contribution in [2.45, 2.75) is 31.8 Å². The second-order valence-corrected chi connectivity index (χ2v) is 7.13. The van der Waals surface area contributed by atoms with E-state index in [1.165, 1.54) is 5.56 Å². The first-order chi connectivity index (χ1) is 13.2. The normalized spacial score (nSPS) is 15.7. The van der Waals surface area contributed by atoms with Crippen LogP contribution in [0.5, 0.6) is 0 Å². The van der Waals surface area contributed by atoms with E-state index in [1.807, 2.05) is 29.0 Å². The van der Waals surface area contributed by atoms with Crippen molar-refractivity contribution in [1.29, 1.82) is 5.26 Å². The molecule has 1 aliphatic heterocycles. The number of likely N-dealkylation sites (tertiary alicyclic amines) is 1. The number of imidazole rings is 1. The van der Waals surface area contributed by atoms with Gasteiger partial charge in [-0.15, -0.1) is 10.2 Å². The molecular weight excluding hydrogens is 338 g/mol. The summed E-state index contributed by atoms with van der Waals surface area (Å²) in [4.78, 5) is 6.53. The van der Waals surface area contributed by atoms with Gasteiger partial charge in [-0.05, 0) is 43.6 Å². The Labute approximate surface area is 158 Å². The van der Waals surface area contributed by atoms with Gasteiger partial charge in [0.25, 0.3) is 0 Å². The number of hydrogen-bond donors (Lipinski definition) is 0. The number of benzene rings is 1. The van der Waals surface area contributed by atoms with Crippen LogP contribution in [0.25, 0.3) is 0 Å². The molecule has 0 N–H and O–H groups in total. The SMILES string of the molecule is Cn1c(Cn2ccnc2)nnc1C1CCN(Cc2cccc(C#N)c2)CC1. The van der Waals surface area contributed by atoms with Crippen LogP contribution in [0.3, 0.4) is 0 Å². The topological polar surface area (TPSA) is 75.6 Å². The molecule has 0 unspecified atom stereocenters. The van der Waals surface area contributed by atoms with Gasteiger partial charge < -0.3 is 9.13 Å². The highest BCUT2D eigenvalue weighted by Crippen LogP contribution is 2.27. The fourth-order valence-corrected chi connectivity index (χ4v) is 3.76. The molecule has 4 rings (SSSR count). The molecule has 138 valence electrons. The van der Waals surface area contributed by atoms with E-state index in [1.54, 1.807) is 12.5 Å². The predicted molar refractivity (Wildman–Crippen MR) is 101 cm³/mol. The molecule has 0 aliphatic carbocycles. The van der Waals surface area contributed by atoms with Crippen molar-refractivity contribution >= 4 is 0 Å². The van der Waals surface area contributed by atoms with Crippen molar-refractivity contribution in [2.24, 2.45) is 7.05 Å². The van der Waals surface area contributed by atoms with Crippen LogP contribution < -0.4 is 0 Å². The highest BCUT2D eigenvalue weighted by molar-refractivity contribution is 5.32. The molecule has 0 radical (unpaired) electrons. The number of nitriles is 1. The zero-order chi connectivity index (χ0) is 18.6. The average molecular weight is 361 g/mol. The molecule has 0 saturated carbocycles. The van der Waals surface area contributed by atoms with E-state index in [0.717, 1.165) is 49.7 Å². The minimum atomic E-state index is 0.445. The van der Waals surface area contributed by atoms with Gasteiger partial charge in [0.05, 0.1) is 24.5 Å². The summed E-state index contributed by atoms with van der Waals surface area (Å²) in [6.45, 7) is 3.65. The molecule has 27 heavy (non-hydrogen) atoms. The van der Waals surface area contributed by atoms with Gasteiger partial charge in [0, 0.05) is 31.9 Å². The highest BCUT2D eigenvalue weighted by Gasteiger charge is 2.25. The van der Waals surface area contributed by atoms with Gasteiger partial charge in [-0.25, -0.2) is 4.98 Å². The van der Waals surface area contributed by atoms with Gasteiger partial charge in [-0.1, -0.05) is 12.1 Å². The quantitative estimate of drug-likeness (QED) is 0.697. The zero-order valence-corrected chi connectivity index (χ0v) is 15.5. The minimum absolute atomic E-state index is 0.445. The Morgan fingerprint density at radius 2 is 2.04 bits per heavy atom. The number of hydrogen-bond acceptors (Lipinski definition) is 5. The molecule has 1 aliphatic rings. The molecule has 3 heterocycles. The first-order valence-electron chi connectivity index (χ1n) is 9.28. The molecule has 0 atom stereocenters. The van der Waals surface area contributed by atoms with Crippen LogP contribution in [0.4, 0.5) is 0 Å². The summed E-state index contributed by atoms with van der Waals surface area (Å²) in [6, 6.07) is 10.1. The fraction of sp³-hybridized carbons (Fsp3) is 0.400. The van der Waals surface area contributed by atoms with Gasteiger partial charge in [0.2, 0.25) is 0 Å². The summed E-state index contributed by atoms with van der Waals surface area (Å²) in [6.07, 6.45) is 7.67. The maximum absolute atomic E-state index is 9.05. The smallest absolute Gasteiger partial charge is 0.152 e. The standard InChI is InChI=1S/C20H23N7/c1-25-19(14-27-10-7-22-15-27)23-24-20(25)18-5-8-26(9-6-18)13-17-4-2-3-16(11-17)12-21/h2-4,7,10-11,15,18H,5-6,8-9,13-14H2,1H3. The van der Waals surface area contributed by atoms with E-state index in [2.05, 4.69) is 43.8 Å². The largest absolute Gasteiger partial charge is 0.330 e. The molecular formula is C20H23N7. The minimum Gasteiger partial charge on any atom is -0.330 e. The van der Waals surface area contributed by atoms with Crippen LogP contribution in [-0.2, 0) is 20.1 Å². The van der Waals surface area contributed by atoms with Gasteiger partial charge in [0.15, 0.2) is 5.82 Å². The van der Waals surface area contributed by atoms with Crippen LogP contribution in [0.2, 0.25) is 0 Å². The third-order valence-corrected chi connectivity index (χ3v) is 5.30. The Morgan fingerprint density at radius 1 is 1.19 bits per heavy atom. The van der Waals surface area contributed by atoms with Crippen LogP contribution >= 0.6 is 0 Å². The van der Waals surface area contributed by atoms with Crippen LogP contribution in [0.15, 0.2) is 43.0 Å².